The summed E-state index contributed by atoms with van der Waals surface area (Å²) < 4.78 is 12.9. The van der Waals surface area contributed by atoms with Gasteiger partial charge in [0.15, 0.2) is 5.96 Å². The van der Waals surface area contributed by atoms with Crippen molar-refractivity contribution >= 4 is 29.9 Å². The van der Waals surface area contributed by atoms with Gasteiger partial charge in [0.1, 0.15) is 5.82 Å². The molecule has 0 radical (unpaired) electrons. The van der Waals surface area contributed by atoms with Crippen LogP contribution in [0.4, 0.5) is 4.39 Å². The molecule has 0 aliphatic carbocycles. The van der Waals surface area contributed by atoms with E-state index < -0.39 is 0 Å². The van der Waals surface area contributed by atoms with Gasteiger partial charge in [0.25, 0.3) is 0 Å². The Kier molecular flexibility index (Phi) is 7.94. The molecular weight excluding hydrogens is 406 g/mol. The minimum absolute atomic E-state index is 0. The lowest BCUT2D eigenvalue weighted by atomic mass is 10.2. The van der Waals surface area contributed by atoms with Crippen LogP contribution < -0.4 is 5.32 Å². The van der Waals surface area contributed by atoms with Crippen molar-refractivity contribution in [1.82, 2.24) is 15.2 Å². The fourth-order valence-electron chi connectivity index (χ4n) is 2.19. The van der Waals surface area contributed by atoms with E-state index in [0.29, 0.717) is 13.1 Å². The van der Waals surface area contributed by atoms with Crippen molar-refractivity contribution in [2.75, 3.05) is 14.1 Å². The first-order chi connectivity index (χ1) is 10.6. The molecule has 1 aromatic carbocycles. The summed E-state index contributed by atoms with van der Waals surface area (Å²) in [6.45, 7) is 3.24. The molecule has 0 amide bonds. The van der Waals surface area contributed by atoms with Crippen molar-refractivity contribution in [2.45, 2.75) is 20.0 Å². The highest BCUT2D eigenvalue weighted by Gasteiger charge is 2.07. The molecule has 0 unspecified atom stereocenters. The van der Waals surface area contributed by atoms with Crippen LogP contribution >= 0.6 is 24.0 Å². The summed E-state index contributed by atoms with van der Waals surface area (Å²) in [5.41, 5.74) is 2.99. The average molecular weight is 428 g/mol. The number of aliphatic imine (C=N–C) groups is 1. The Morgan fingerprint density at radius 1 is 1.22 bits per heavy atom. The summed E-state index contributed by atoms with van der Waals surface area (Å²) >= 11 is 0. The van der Waals surface area contributed by atoms with Gasteiger partial charge in [0, 0.05) is 26.3 Å². The summed E-state index contributed by atoms with van der Waals surface area (Å²) in [4.78, 5) is 10.7. The van der Waals surface area contributed by atoms with Gasteiger partial charge in [-0.3, -0.25) is 9.98 Å². The van der Waals surface area contributed by atoms with Crippen LogP contribution in [0.5, 0.6) is 0 Å². The maximum absolute atomic E-state index is 12.9. The largest absolute Gasteiger partial charge is 0.351 e. The quantitative estimate of drug-likeness (QED) is 0.462. The Morgan fingerprint density at radius 2 is 1.91 bits per heavy atom. The number of rotatable bonds is 4. The third-order valence-electron chi connectivity index (χ3n) is 3.28. The second kappa shape index (κ2) is 9.44. The Labute approximate surface area is 153 Å². The van der Waals surface area contributed by atoms with Gasteiger partial charge in [-0.05, 0) is 36.8 Å². The highest BCUT2D eigenvalue weighted by molar-refractivity contribution is 14.0. The van der Waals surface area contributed by atoms with E-state index >= 15 is 0 Å². The highest BCUT2D eigenvalue weighted by atomic mass is 127. The molecule has 0 bridgehead atoms. The number of benzene rings is 1. The predicted octanol–water partition coefficient (Wildman–Crippen LogP) is 3.35. The predicted molar refractivity (Wildman–Crippen MR) is 102 cm³/mol. The molecule has 1 heterocycles. The van der Waals surface area contributed by atoms with Crippen LogP contribution in [-0.4, -0.2) is 29.9 Å². The molecule has 6 heteroatoms. The van der Waals surface area contributed by atoms with Crippen molar-refractivity contribution in [1.29, 1.82) is 0 Å². The molecule has 1 aromatic heterocycles. The number of hydrogen-bond acceptors (Lipinski definition) is 2. The van der Waals surface area contributed by atoms with Gasteiger partial charge in [-0.15, -0.1) is 24.0 Å². The summed E-state index contributed by atoms with van der Waals surface area (Å²) in [6.07, 6.45) is 0. The van der Waals surface area contributed by atoms with Gasteiger partial charge < -0.3 is 10.2 Å². The Hall–Kier alpha value is -1.70. The molecular formula is C17H22FIN4. The molecule has 0 saturated heterocycles. The molecule has 0 saturated carbocycles. The second-order valence-corrected chi connectivity index (χ2v) is 5.15. The zero-order valence-electron chi connectivity index (χ0n) is 13.6. The van der Waals surface area contributed by atoms with Crippen molar-refractivity contribution in [3.8, 4) is 0 Å². The summed E-state index contributed by atoms with van der Waals surface area (Å²) in [5, 5.41) is 3.28. The molecule has 0 aliphatic rings. The zero-order valence-corrected chi connectivity index (χ0v) is 15.9. The number of hydrogen-bond donors (Lipinski definition) is 1. The minimum atomic E-state index is -0.223. The van der Waals surface area contributed by atoms with Gasteiger partial charge in [-0.2, -0.15) is 0 Å². The van der Waals surface area contributed by atoms with Gasteiger partial charge in [-0.25, -0.2) is 4.39 Å². The van der Waals surface area contributed by atoms with Crippen molar-refractivity contribution < 1.29 is 4.39 Å². The fourth-order valence-corrected chi connectivity index (χ4v) is 2.19. The van der Waals surface area contributed by atoms with Crippen LogP contribution in [0.2, 0.25) is 0 Å². The molecule has 0 atom stereocenters. The topological polar surface area (TPSA) is 40.5 Å². The number of halogens is 2. The van der Waals surface area contributed by atoms with Crippen LogP contribution in [0.3, 0.4) is 0 Å². The number of nitrogens with one attached hydrogen (secondary N) is 1. The average Bonchev–Trinajstić information content (AvgIpc) is 2.50. The Morgan fingerprint density at radius 3 is 2.52 bits per heavy atom. The first kappa shape index (κ1) is 19.3. The molecule has 0 fully saturated rings. The highest BCUT2D eigenvalue weighted by Crippen LogP contribution is 2.06. The number of aromatic nitrogens is 1. The lowest BCUT2D eigenvalue weighted by molar-refractivity contribution is 0.475. The lowest BCUT2D eigenvalue weighted by Crippen LogP contribution is -2.38. The number of aryl methyl sites for hydroxylation is 1. The fraction of sp³-hybridized carbons (Fsp3) is 0.294. The summed E-state index contributed by atoms with van der Waals surface area (Å²) in [6, 6.07) is 12.4. The number of guanidine groups is 1. The monoisotopic (exact) mass is 428 g/mol. The third kappa shape index (κ3) is 6.13. The van der Waals surface area contributed by atoms with Crippen LogP contribution in [0.1, 0.15) is 17.0 Å². The summed E-state index contributed by atoms with van der Waals surface area (Å²) in [5.74, 6) is 0.548. The smallest absolute Gasteiger partial charge is 0.194 e. The van der Waals surface area contributed by atoms with E-state index in [4.69, 9.17) is 0 Å². The van der Waals surface area contributed by atoms with Gasteiger partial charge in [0.05, 0.1) is 12.2 Å². The SMILES string of the molecule is CN=C(NCc1cccc(C)n1)N(C)Cc1ccc(F)cc1.I. The molecule has 2 aromatic rings. The molecule has 1 N–H and O–H groups in total. The van der Waals surface area contributed by atoms with Gasteiger partial charge >= 0.3 is 0 Å². The number of nitrogens with zero attached hydrogens (tertiary/aromatic N) is 3. The van der Waals surface area contributed by atoms with Gasteiger partial charge in [0.2, 0.25) is 0 Å². The van der Waals surface area contributed by atoms with Crippen LogP contribution in [0.25, 0.3) is 0 Å². The minimum Gasteiger partial charge on any atom is -0.351 e. The van der Waals surface area contributed by atoms with E-state index in [9.17, 15) is 4.39 Å². The third-order valence-corrected chi connectivity index (χ3v) is 3.28. The lowest BCUT2D eigenvalue weighted by Gasteiger charge is -2.22. The molecule has 0 aliphatic heterocycles. The molecule has 0 spiro atoms. The van der Waals surface area contributed by atoms with E-state index in [0.717, 1.165) is 22.9 Å². The Bertz CT molecular complexity index is 643. The summed E-state index contributed by atoms with van der Waals surface area (Å²) in [7, 11) is 3.69. The Balaban J connectivity index is 0.00000264. The molecule has 2 rings (SSSR count). The van der Waals surface area contributed by atoms with Gasteiger partial charge in [-0.1, -0.05) is 18.2 Å². The standard InChI is InChI=1S/C17H21FN4.HI/c1-13-5-4-6-16(21-13)11-20-17(19-2)22(3)12-14-7-9-15(18)10-8-14;/h4-10H,11-12H2,1-3H3,(H,19,20);1H. The molecule has 23 heavy (non-hydrogen) atoms. The van der Waals surface area contributed by atoms with Crippen molar-refractivity contribution in [3.05, 3.63) is 65.2 Å². The molecule has 124 valence electrons. The first-order valence-electron chi connectivity index (χ1n) is 7.17. The van der Waals surface area contributed by atoms with E-state index in [1.165, 1.54) is 12.1 Å². The van der Waals surface area contributed by atoms with E-state index in [2.05, 4.69) is 15.3 Å². The van der Waals surface area contributed by atoms with Crippen LogP contribution in [-0.2, 0) is 13.1 Å². The molecule has 4 nitrogen and oxygen atoms in total. The van der Waals surface area contributed by atoms with Crippen LogP contribution in [0, 0.1) is 12.7 Å². The van der Waals surface area contributed by atoms with E-state index in [1.54, 1.807) is 19.2 Å². The second-order valence-electron chi connectivity index (χ2n) is 5.15. The van der Waals surface area contributed by atoms with Crippen LogP contribution in [0.15, 0.2) is 47.5 Å². The maximum Gasteiger partial charge on any atom is 0.194 e. The zero-order chi connectivity index (χ0) is 15.9. The maximum atomic E-state index is 12.9. The van der Waals surface area contributed by atoms with Crippen molar-refractivity contribution in [2.24, 2.45) is 4.99 Å². The normalized spacial score (nSPS) is 10.9. The van der Waals surface area contributed by atoms with E-state index in [-0.39, 0.29) is 29.8 Å². The number of pyridine rings is 1. The first-order valence-corrected chi connectivity index (χ1v) is 7.17. The van der Waals surface area contributed by atoms with Crippen molar-refractivity contribution in [3.63, 3.8) is 0 Å². The van der Waals surface area contributed by atoms with E-state index in [1.807, 2.05) is 37.1 Å².